The number of urea groups is 1. The van der Waals surface area contributed by atoms with Gasteiger partial charge in [-0.1, -0.05) is 0 Å². The van der Waals surface area contributed by atoms with E-state index in [4.69, 9.17) is 10.4 Å². The molecule has 0 saturated heterocycles. The number of halogens is 1. The van der Waals surface area contributed by atoms with Gasteiger partial charge in [0.25, 0.3) is 0 Å². The summed E-state index contributed by atoms with van der Waals surface area (Å²) in [7, 11) is 1.42. The van der Waals surface area contributed by atoms with Crippen LogP contribution in [0, 0.1) is 17.1 Å². The van der Waals surface area contributed by atoms with Crippen LogP contribution in [0.5, 0.6) is 0 Å². The Hall–Kier alpha value is -2.62. The number of aliphatic carboxylic acids is 1. The van der Waals surface area contributed by atoms with Crippen molar-refractivity contribution in [3.05, 3.63) is 29.6 Å². The molecule has 0 bridgehead atoms. The molecular formula is C12H12FN3O3. The first-order valence-corrected chi connectivity index (χ1v) is 5.37. The highest BCUT2D eigenvalue weighted by Crippen LogP contribution is 2.16. The maximum Gasteiger partial charge on any atom is 0.321 e. The molecule has 0 aliphatic carbocycles. The van der Waals surface area contributed by atoms with Crippen molar-refractivity contribution in [1.82, 2.24) is 4.90 Å². The van der Waals surface area contributed by atoms with E-state index in [0.717, 1.165) is 12.1 Å². The molecule has 0 aliphatic heterocycles. The monoisotopic (exact) mass is 265 g/mol. The molecule has 0 fully saturated rings. The average Bonchev–Trinajstić information content (AvgIpc) is 2.37. The predicted octanol–water partition coefficient (Wildman–Crippen LogP) is 1.64. The van der Waals surface area contributed by atoms with E-state index in [2.05, 4.69) is 5.32 Å². The Labute approximate surface area is 109 Å². The second-order valence-corrected chi connectivity index (χ2v) is 3.80. The summed E-state index contributed by atoms with van der Waals surface area (Å²) in [4.78, 5) is 23.2. The summed E-state index contributed by atoms with van der Waals surface area (Å²) in [5.41, 5.74) is 0.177. The van der Waals surface area contributed by atoms with Crippen LogP contribution < -0.4 is 5.32 Å². The molecule has 2 N–H and O–H groups in total. The first-order valence-electron chi connectivity index (χ1n) is 5.37. The SMILES string of the molecule is CN(CCC(=O)O)C(=O)Nc1ccc(F)cc1C#N. The first-order chi connectivity index (χ1) is 8.93. The largest absolute Gasteiger partial charge is 0.481 e. The quantitative estimate of drug-likeness (QED) is 0.865. The van der Waals surface area contributed by atoms with Crippen LogP contribution in [0.15, 0.2) is 18.2 Å². The Morgan fingerprint density at radius 3 is 2.79 bits per heavy atom. The van der Waals surface area contributed by atoms with Gasteiger partial charge in [-0.05, 0) is 18.2 Å². The van der Waals surface area contributed by atoms with Gasteiger partial charge in [-0.25, -0.2) is 9.18 Å². The number of amides is 2. The number of carbonyl (C=O) groups excluding carboxylic acids is 1. The summed E-state index contributed by atoms with van der Waals surface area (Å²) in [5, 5.41) is 19.7. The van der Waals surface area contributed by atoms with Gasteiger partial charge in [-0.3, -0.25) is 4.79 Å². The third kappa shape index (κ3) is 4.27. The number of rotatable bonds is 4. The molecule has 0 heterocycles. The molecule has 0 saturated carbocycles. The van der Waals surface area contributed by atoms with Gasteiger partial charge >= 0.3 is 12.0 Å². The summed E-state index contributed by atoms with van der Waals surface area (Å²) in [6, 6.07) is 4.60. The molecule has 0 spiro atoms. The van der Waals surface area contributed by atoms with Crippen molar-refractivity contribution in [2.24, 2.45) is 0 Å². The summed E-state index contributed by atoms with van der Waals surface area (Å²) in [6.45, 7) is 0.0320. The molecule has 1 aromatic rings. The molecule has 0 unspecified atom stereocenters. The van der Waals surface area contributed by atoms with Gasteiger partial charge in [0, 0.05) is 13.6 Å². The molecule has 1 rings (SSSR count). The van der Waals surface area contributed by atoms with E-state index in [1.165, 1.54) is 18.0 Å². The predicted molar refractivity (Wildman–Crippen MR) is 65.0 cm³/mol. The zero-order valence-electron chi connectivity index (χ0n) is 10.2. The minimum absolute atomic E-state index is 0.0000143. The number of hydrogen-bond acceptors (Lipinski definition) is 3. The molecule has 0 aromatic heterocycles. The third-order valence-electron chi connectivity index (χ3n) is 2.35. The normalized spacial score (nSPS) is 9.53. The summed E-state index contributed by atoms with van der Waals surface area (Å²) in [6.07, 6.45) is -0.182. The van der Waals surface area contributed by atoms with E-state index in [1.54, 1.807) is 6.07 Å². The van der Waals surface area contributed by atoms with Crippen molar-refractivity contribution in [2.75, 3.05) is 18.9 Å². The van der Waals surface area contributed by atoms with Crippen molar-refractivity contribution >= 4 is 17.7 Å². The molecule has 0 radical (unpaired) electrons. The fraction of sp³-hybridized carbons (Fsp3) is 0.250. The van der Waals surface area contributed by atoms with Crippen LogP contribution in [0.3, 0.4) is 0 Å². The molecule has 2 amide bonds. The smallest absolute Gasteiger partial charge is 0.321 e. The number of benzene rings is 1. The minimum atomic E-state index is -1.01. The van der Waals surface area contributed by atoms with Crippen molar-refractivity contribution in [1.29, 1.82) is 5.26 Å². The van der Waals surface area contributed by atoms with E-state index < -0.39 is 17.8 Å². The van der Waals surface area contributed by atoms with Gasteiger partial charge in [0.2, 0.25) is 0 Å². The van der Waals surface area contributed by atoms with Crippen LogP contribution in [-0.2, 0) is 4.79 Å². The summed E-state index contributed by atoms with van der Waals surface area (Å²) >= 11 is 0. The number of carboxylic acid groups (broad SMARTS) is 1. The highest BCUT2D eigenvalue weighted by Gasteiger charge is 2.12. The zero-order valence-corrected chi connectivity index (χ0v) is 10.2. The Bertz CT molecular complexity index is 540. The second-order valence-electron chi connectivity index (χ2n) is 3.80. The number of hydrogen-bond donors (Lipinski definition) is 2. The van der Waals surface area contributed by atoms with Gasteiger partial charge in [0.15, 0.2) is 0 Å². The van der Waals surface area contributed by atoms with Crippen LogP contribution in [0.4, 0.5) is 14.9 Å². The number of nitrogens with zero attached hydrogens (tertiary/aromatic N) is 2. The average molecular weight is 265 g/mol. The van der Waals surface area contributed by atoms with Gasteiger partial charge in [-0.2, -0.15) is 5.26 Å². The van der Waals surface area contributed by atoms with Crippen LogP contribution >= 0.6 is 0 Å². The van der Waals surface area contributed by atoms with Gasteiger partial charge < -0.3 is 15.3 Å². The fourth-order valence-corrected chi connectivity index (χ4v) is 1.29. The standard InChI is InChI=1S/C12H12FN3O3/c1-16(5-4-11(17)18)12(19)15-10-3-2-9(13)6-8(10)7-14/h2-3,6H,4-5H2,1H3,(H,15,19)(H,17,18). The minimum Gasteiger partial charge on any atom is -0.481 e. The topological polar surface area (TPSA) is 93.4 Å². The van der Waals surface area contributed by atoms with Crippen LogP contribution in [0.1, 0.15) is 12.0 Å². The van der Waals surface area contributed by atoms with E-state index in [-0.39, 0.29) is 24.2 Å². The number of anilines is 1. The first kappa shape index (κ1) is 14.4. The lowest BCUT2D eigenvalue weighted by Crippen LogP contribution is -2.33. The van der Waals surface area contributed by atoms with E-state index in [0.29, 0.717) is 0 Å². The Balaban J connectivity index is 2.72. The number of nitrogens with one attached hydrogen (secondary N) is 1. The van der Waals surface area contributed by atoms with Crippen molar-refractivity contribution < 1.29 is 19.1 Å². The van der Waals surface area contributed by atoms with Crippen LogP contribution in [0.25, 0.3) is 0 Å². The number of carboxylic acids is 1. The van der Waals surface area contributed by atoms with Crippen molar-refractivity contribution in [2.45, 2.75) is 6.42 Å². The zero-order chi connectivity index (χ0) is 14.4. The molecule has 0 atom stereocenters. The highest BCUT2D eigenvalue weighted by atomic mass is 19.1. The van der Waals surface area contributed by atoms with E-state index in [9.17, 15) is 14.0 Å². The summed E-state index contributed by atoms with van der Waals surface area (Å²) < 4.78 is 12.9. The maximum absolute atomic E-state index is 12.9. The molecule has 7 heteroatoms. The van der Waals surface area contributed by atoms with E-state index in [1.807, 2.05) is 0 Å². The van der Waals surface area contributed by atoms with Gasteiger partial charge in [-0.15, -0.1) is 0 Å². The number of nitriles is 1. The van der Waals surface area contributed by atoms with Gasteiger partial charge in [0.1, 0.15) is 11.9 Å². The lowest BCUT2D eigenvalue weighted by molar-refractivity contribution is -0.137. The van der Waals surface area contributed by atoms with E-state index >= 15 is 0 Å². The lowest BCUT2D eigenvalue weighted by atomic mass is 10.2. The Kier molecular flexibility index (Phi) is 4.83. The van der Waals surface area contributed by atoms with Crippen LogP contribution in [-0.4, -0.2) is 35.6 Å². The third-order valence-corrected chi connectivity index (χ3v) is 2.35. The summed E-state index contributed by atoms with van der Waals surface area (Å²) in [5.74, 6) is -1.59. The molecule has 6 nitrogen and oxygen atoms in total. The van der Waals surface area contributed by atoms with Crippen molar-refractivity contribution in [3.63, 3.8) is 0 Å². The molecule has 100 valence electrons. The highest BCUT2D eigenvalue weighted by molar-refractivity contribution is 5.90. The fourth-order valence-electron chi connectivity index (χ4n) is 1.29. The molecule has 1 aromatic carbocycles. The number of carbonyl (C=O) groups is 2. The van der Waals surface area contributed by atoms with Crippen LogP contribution in [0.2, 0.25) is 0 Å². The Morgan fingerprint density at radius 1 is 1.53 bits per heavy atom. The Morgan fingerprint density at radius 2 is 2.21 bits per heavy atom. The van der Waals surface area contributed by atoms with Crippen molar-refractivity contribution in [3.8, 4) is 6.07 Å². The second kappa shape index (κ2) is 6.35. The lowest BCUT2D eigenvalue weighted by Gasteiger charge is -2.17. The van der Waals surface area contributed by atoms with Gasteiger partial charge in [0.05, 0.1) is 17.7 Å². The molecule has 19 heavy (non-hydrogen) atoms. The maximum atomic E-state index is 12.9. The molecular weight excluding hydrogens is 253 g/mol. The molecule has 0 aliphatic rings.